The van der Waals surface area contributed by atoms with Gasteiger partial charge in [0.2, 0.25) is 0 Å². The first-order valence-electron chi connectivity index (χ1n) is 11.7. The first-order chi connectivity index (χ1) is 17.3. The normalized spacial score (nSPS) is 19.9. The Bertz CT molecular complexity index is 1100. The lowest BCUT2D eigenvalue weighted by molar-refractivity contribution is -0.143. The molecule has 6 nitrogen and oxygen atoms in total. The van der Waals surface area contributed by atoms with Gasteiger partial charge >= 0.3 is 12.4 Å². The molecule has 1 aliphatic rings. The van der Waals surface area contributed by atoms with Gasteiger partial charge in [-0.3, -0.25) is 19.6 Å². The Kier molecular flexibility index (Phi) is 8.96. The number of likely N-dealkylation sites (N-methyl/N-ethyl adjacent to an activating group) is 1. The second-order valence-electron chi connectivity index (χ2n) is 9.17. The van der Waals surface area contributed by atoms with Crippen LogP contribution in [-0.4, -0.2) is 64.9 Å². The second-order valence-corrected chi connectivity index (χ2v) is 9.17. The molecule has 1 saturated heterocycles. The Labute approximate surface area is 212 Å². The van der Waals surface area contributed by atoms with Crippen molar-refractivity contribution >= 4 is 18.5 Å². The van der Waals surface area contributed by atoms with Gasteiger partial charge in [-0.25, -0.2) is 0 Å². The molecule has 2 aromatic rings. The number of hydrogen-bond donors (Lipinski definition) is 0. The van der Waals surface area contributed by atoms with Gasteiger partial charge in [0.15, 0.2) is 0 Å². The van der Waals surface area contributed by atoms with Gasteiger partial charge in [0, 0.05) is 62.0 Å². The van der Waals surface area contributed by atoms with Crippen LogP contribution in [0, 0.1) is 0 Å². The first-order valence-corrected chi connectivity index (χ1v) is 11.7. The standard InChI is InChI=1S/C25H30F6N6/c1-5-22-9-23(15-35(22)3)37(16-33-11-18(10-32-2)19-12-34-36(4)14-19)13-17-6-20(24(26,27)28)8-21(7-17)25(29,30)31/h6-8,10-12,14,22-23H,2,5,9,13,15-16H2,1,3-4H3/b18-10+,33-11-/t22-,23?/m1/s1. The SMILES string of the molecule is C=N/C=C(\C=N/CN(Cc1cc(C(F)(F)F)cc(C(F)(F)F)c1)C1C[C@@H](CC)N(C)C1)c1cnn(C)c1. The highest BCUT2D eigenvalue weighted by Gasteiger charge is 2.38. The van der Waals surface area contributed by atoms with Crippen molar-refractivity contribution in [2.75, 3.05) is 20.3 Å². The average molecular weight is 529 g/mol. The number of benzene rings is 1. The van der Waals surface area contributed by atoms with Crippen LogP contribution in [0.3, 0.4) is 0 Å². The topological polar surface area (TPSA) is 49.0 Å². The number of aliphatic imine (C=N–C) groups is 2. The summed E-state index contributed by atoms with van der Waals surface area (Å²) in [6.07, 6.45) is -1.74. The summed E-state index contributed by atoms with van der Waals surface area (Å²) in [6.45, 7) is 6.08. The van der Waals surface area contributed by atoms with Gasteiger partial charge < -0.3 is 4.90 Å². The van der Waals surface area contributed by atoms with Gasteiger partial charge in [-0.15, -0.1) is 0 Å². The van der Waals surface area contributed by atoms with E-state index in [0.717, 1.165) is 30.5 Å². The average Bonchev–Trinajstić information content (AvgIpc) is 3.41. The zero-order chi connectivity index (χ0) is 27.4. The lowest BCUT2D eigenvalue weighted by atomic mass is 10.0. The molecule has 0 radical (unpaired) electrons. The fourth-order valence-electron chi connectivity index (χ4n) is 4.53. The van der Waals surface area contributed by atoms with Crippen LogP contribution >= 0.6 is 0 Å². The van der Waals surface area contributed by atoms with Gasteiger partial charge in [0.25, 0.3) is 0 Å². The smallest absolute Gasteiger partial charge is 0.302 e. The van der Waals surface area contributed by atoms with Crippen molar-refractivity contribution in [3.8, 4) is 0 Å². The van der Waals surface area contributed by atoms with E-state index in [1.165, 1.54) is 6.20 Å². The van der Waals surface area contributed by atoms with E-state index >= 15 is 0 Å². The molecule has 3 rings (SSSR count). The van der Waals surface area contributed by atoms with Gasteiger partial charge in [-0.1, -0.05) is 6.92 Å². The summed E-state index contributed by atoms with van der Waals surface area (Å²) in [5.74, 6) is 0. The molecule has 1 fully saturated rings. The van der Waals surface area contributed by atoms with Crippen LogP contribution in [0.4, 0.5) is 26.3 Å². The van der Waals surface area contributed by atoms with Crippen LogP contribution in [0.1, 0.15) is 42.0 Å². The molecule has 0 spiro atoms. The van der Waals surface area contributed by atoms with E-state index in [0.29, 0.717) is 12.1 Å². The molecule has 2 atom stereocenters. The fraction of sp³-hybridized carbons (Fsp3) is 0.480. The van der Waals surface area contributed by atoms with E-state index in [9.17, 15) is 26.3 Å². The van der Waals surface area contributed by atoms with Crippen molar-refractivity contribution in [1.29, 1.82) is 0 Å². The lowest BCUT2D eigenvalue weighted by Gasteiger charge is -2.28. The molecule has 1 aromatic heterocycles. The molecule has 12 heteroatoms. The summed E-state index contributed by atoms with van der Waals surface area (Å²) in [6, 6.07) is 1.88. The maximum Gasteiger partial charge on any atom is 0.416 e. The van der Waals surface area contributed by atoms with Gasteiger partial charge in [-0.2, -0.15) is 31.4 Å². The van der Waals surface area contributed by atoms with Gasteiger partial charge in [0.1, 0.15) is 0 Å². The number of aryl methyl sites for hydroxylation is 1. The predicted molar refractivity (Wildman–Crippen MR) is 131 cm³/mol. The number of likely N-dealkylation sites (tertiary alicyclic amines) is 1. The molecule has 1 aliphatic heterocycles. The summed E-state index contributed by atoms with van der Waals surface area (Å²) in [7, 11) is 3.72. The third-order valence-corrected chi connectivity index (χ3v) is 6.45. The van der Waals surface area contributed by atoms with Gasteiger partial charge in [-0.05, 0) is 50.4 Å². The summed E-state index contributed by atoms with van der Waals surface area (Å²) in [5, 5.41) is 4.12. The Morgan fingerprint density at radius 2 is 1.78 bits per heavy atom. The number of nitrogens with zero attached hydrogens (tertiary/aromatic N) is 6. The van der Waals surface area contributed by atoms with Gasteiger partial charge in [0.05, 0.1) is 24.0 Å². The van der Waals surface area contributed by atoms with Crippen molar-refractivity contribution < 1.29 is 26.3 Å². The molecule has 202 valence electrons. The molecule has 0 aliphatic carbocycles. The third kappa shape index (κ3) is 7.51. The fourth-order valence-corrected chi connectivity index (χ4v) is 4.53. The summed E-state index contributed by atoms with van der Waals surface area (Å²) in [4.78, 5) is 12.2. The maximum atomic E-state index is 13.4. The number of aromatic nitrogens is 2. The van der Waals surface area contributed by atoms with Crippen molar-refractivity contribution in [3.05, 3.63) is 59.0 Å². The van der Waals surface area contributed by atoms with E-state index in [1.54, 1.807) is 30.3 Å². The highest BCUT2D eigenvalue weighted by Crippen LogP contribution is 2.37. The van der Waals surface area contributed by atoms with Crippen molar-refractivity contribution in [3.63, 3.8) is 0 Å². The summed E-state index contributed by atoms with van der Waals surface area (Å²) < 4.78 is 82.1. The summed E-state index contributed by atoms with van der Waals surface area (Å²) >= 11 is 0. The van der Waals surface area contributed by atoms with Crippen LogP contribution in [0.25, 0.3) is 5.57 Å². The minimum absolute atomic E-state index is 0.0707. The van der Waals surface area contributed by atoms with Crippen molar-refractivity contribution in [2.45, 2.75) is 50.7 Å². The van der Waals surface area contributed by atoms with E-state index < -0.39 is 23.5 Å². The molecular formula is C25H30F6N6. The van der Waals surface area contributed by atoms with E-state index in [4.69, 9.17) is 0 Å². The largest absolute Gasteiger partial charge is 0.416 e. The maximum absolute atomic E-state index is 13.4. The van der Waals surface area contributed by atoms with Crippen LogP contribution in [0.5, 0.6) is 0 Å². The highest BCUT2D eigenvalue weighted by molar-refractivity contribution is 6.09. The van der Waals surface area contributed by atoms with E-state index in [1.807, 2.05) is 18.9 Å². The monoisotopic (exact) mass is 528 g/mol. The number of alkyl halides is 6. The number of rotatable bonds is 9. The molecule has 0 bridgehead atoms. The Morgan fingerprint density at radius 3 is 2.27 bits per heavy atom. The van der Waals surface area contributed by atoms with Crippen molar-refractivity contribution in [2.24, 2.45) is 17.0 Å². The summed E-state index contributed by atoms with van der Waals surface area (Å²) in [5.41, 5.74) is -1.36. The van der Waals surface area contributed by atoms with Crippen LogP contribution < -0.4 is 0 Å². The van der Waals surface area contributed by atoms with E-state index in [-0.39, 0.29) is 36.9 Å². The van der Waals surface area contributed by atoms with Crippen LogP contribution in [0.15, 0.2) is 46.8 Å². The molecule has 37 heavy (non-hydrogen) atoms. The minimum Gasteiger partial charge on any atom is -0.302 e. The molecular weight excluding hydrogens is 498 g/mol. The Hall–Kier alpha value is -2.99. The molecule has 1 aromatic carbocycles. The van der Waals surface area contributed by atoms with Crippen molar-refractivity contribution in [1.82, 2.24) is 19.6 Å². The lowest BCUT2D eigenvalue weighted by Crippen LogP contribution is -2.37. The van der Waals surface area contributed by atoms with Crippen LogP contribution in [-0.2, 0) is 25.9 Å². The number of allylic oxidation sites excluding steroid dienone is 1. The zero-order valence-corrected chi connectivity index (χ0v) is 20.9. The second kappa shape index (κ2) is 11.6. The highest BCUT2D eigenvalue weighted by atomic mass is 19.4. The number of halogens is 6. The number of hydrogen-bond acceptors (Lipinski definition) is 5. The third-order valence-electron chi connectivity index (χ3n) is 6.45. The predicted octanol–water partition coefficient (Wildman–Crippen LogP) is 5.51. The molecule has 0 amide bonds. The molecule has 2 heterocycles. The minimum atomic E-state index is -4.90. The molecule has 1 unspecified atom stereocenters. The Morgan fingerprint density at radius 1 is 1.14 bits per heavy atom. The van der Waals surface area contributed by atoms with E-state index in [2.05, 4.69) is 26.7 Å². The quantitative estimate of drug-likeness (QED) is 0.319. The van der Waals surface area contributed by atoms with Crippen LogP contribution in [0.2, 0.25) is 0 Å². The zero-order valence-electron chi connectivity index (χ0n) is 20.9. The molecule has 0 N–H and O–H groups in total. The first kappa shape index (κ1) is 28.6. The Balaban J connectivity index is 1.92. The molecule has 0 saturated carbocycles.